The minimum atomic E-state index is -0.176. The summed E-state index contributed by atoms with van der Waals surface area (Å²) in [6.45, 7) is 6.67. The molecule has 2 amide bonds. The molecular formula is C14H26N4O2. The molecule has 0 aliphatic carbocycles. The van der Waals surface area contributed by atoms with Crippen LogP contribution in [-0.2, 0) is 13.5 Å². The van der Waals surface area contributed by atoms with E-state index in [0.29, 0.717) is 13.0 Å². The summed E-state index contributed by atoms with van der Waals surface area (Å²) in [7, 11) is 1.92. The van der Waals surface area contributed by atoms with Crippen LogP contribution in [-0.4, -0.2) is 40.1 Å². The van der Waals surface area contributed by atoms with Gasteiger partial charge < -0.3 is 15.7 Å². The fourth-order valence-electron chi connectivity index (χ4n) is 2.25. The van der Waals surface area contributed by atoms with E-state index in [1.54, 1.807) is 0 Å². The van der Waals surface area contributed by atoms with Crippen LogP contribution in [0.25, 0.3) is 0 Å². The van der Waals surface area contributed by atoms with Crippen molar-refractivity contribution in [2.75, 3.05) is 13.2 Å². The fraction of sp³-hybridized carbons (Fsp3) is 0.714. The van der Waals surface area contributed by atoms with E-state index in [9.17, 15) is 4.79 Å². The summed E-state index contributed by atoms with van der Waals surface area (Å²) in [5, 5.41) is 18.9. The molecule has 0 bridgehead atoms. The zero-order chi connectivity index (χ0) is 15.1. The van der Waals surface area contributed by atoms with Crippen LogP contribution in [0.3, 0.4) is 0 Å². The van der Waals surface area contributed by atoms with Crippen LogP contribution in [0.1, 0.15) is 36.7 Å². The van der Waals surface area contributed by atoms with Crippen molar-refractivity contribution in [2.45, 2.75) is 46.1 Å². The van der Waals surface area contributed by atoms with Crippen LogP contribution in [0, 0.1) is 13.8 Å². The third kappa shape index (κ3) is 4.52. The molecule has 114 valence electrons. The topological polar surface area (TPSA) is 79.2 Å². The predicted octanol–water partition coefficient (Wildman–Crippen LogP) is 1.04. The lowest BCUT2D eigenvalue weighted by Crippen LogP contribution is -2.42. The highest BCUT2D eigenvalue weighted by molar-refractivity contribution is 5.74. The van der Waals surface area contributed by atoms with Gasteiger partial charge in [-0.1, -0.05) is 6.92 Å². The van der Waals surface area contributed by atoms with Gasteiger partial charge in [0.25, 0.3) is 0 Å². The molecule has 20 heavy (non-hydrogen) atoms. The van der Waals surface area contributed by atoms with E-state index in [2.05, 4.69) is 15.7 Å². The second kappa shape index (κ2) is 7.89. The Hall–Kier alpha value is -1.56. The van der Waals surface area contributed by atoms with E-state index in [0.717, 1.165) is 24.2 Å². The minimum Gasteiger partial charge on any atom is -0.396 e. The molecule has 1 unspecified atom stereocenters. The third-order valence-corrected chi connectivity index (χ3v) is 3.63. The highest BCUT2D eigenvalue weighted by Gasteiger charge is 2.11. The van der Waals surface area contributed by atoms with E-state index in [1.807, 2.05) is 32.5 Å². The number of aliphatic hydroxyl groups is 1. The molecular weight excluding hydrogens is 256 g/mol. The monoisotopic (exact) mass is 282 g/mol. The van der Waals surface area contributed by atoms with Gasteiger partial charge in [0.05, 0.1) is 5.69 Å². The Morgan fingerprint density at radius 1 is 1.45 bits per heavy atom. The maximum absolute atomic E-state index is 11.7. The first-order valence-corrected chi connectivity index (χ1v) is 7.13. The van der Waals surface area contributed by atoms with Gasteiger partial charge in [-0.05, 0) is 38.7 Å². The molecule has 1 aromatic heterocycles. The third-order valence-electron chi connectivity index (χ3n) is 3.63. The number of hydrogen-bond donors (Lipinski definition) is 3. The van der Waals surface area contributed by atoms with Crippen LogP contribution in [0.2, 0.25) is 0 Å². The van der Waals surface area contributed by atoms with E-state index in [4.69, 9.17) is 5.11 Å². The zero-order valence-electron chi connectivity index (χ0n) is 12.9. The van der Waals surface area contributed by atoms with E-state index >= 15 is 0 Å². The van der Waals surface area contributed by atoms with Gasteiger partial charge in [-0.3, -0.25) is 4.68 Å². The number of carbonyl (C=O) groups excluding carboxylic acids is 1. The Bertz CT molecular complexity index is 443. The van der Waals surface area contributed by atoms with Gasteiger partial charge in [0.15, 0.2) is 0 Å². The summed E-state index contributed by atoms with van der Waals surface area (Å²) < 4.78 is 1.86. The van der Waals surface area contributed by atoms with Gasteiger partial charge >= 0.3 is 6.03 Å². The summed E-state index contributed by atoms with van der Waals surface area (Å²) in [4.78, 5) is 11.7. The normalized spacial score (nSPS) is 12.2. The first-order valence-electron chi connectivity index (χ1n) is 7.13. The molecule has 6 nitrogen and oxygen atoms in total. The molecule has 0 saturated carbocycles. The van der Waals surface area contributed by atoms with Crippen LogP contribution in [0.15, 0.2) is 0 Å². The lowest BCUT2D eigenvalue weighted by Gasteiger charge is -2.16. The summed E-state index contributed by atoms with van der Waals surface area (Å²) >= 11 is 0. The Labute approximate surface area is 120 Å². The number of nitrogens with zero attached hydrogens (tertiary/aromatic N) is 2. The van der Waals surface area contributed by atoms with Gasteiger partial charge in [-0.2, -0.15) is 5.10 Å². The second-order valence-electron chi connectivity index (χ2n) is 5.04. The maximum atomic E-state index is 11.7. The molecule has 1 heterocycles. The number of aliphatic hydroxyl groups excluding tert-OH is 1. The molecule has 0 saturated heterocycles. The molecule has 0 spiro atoms. The lowest BCUT2D eigenvalue weighted by molar-refractivity contribution is 0.228. The van der Waals surface area contributed by atoms with Gasteiger partial charge in [-0.25, -0.2) is 4.79 Å². The number of rotatable bonds is 7. The summed E-state index contributed by atoms with van der Waals surface area (Å²) in [6, 6.07) is -0.147. The van der Waals surface area contributed by atoms with Crippen LogP contribution in [0.4, 0.5) is 4.79 Å². The number of urea groups is 1. The van der Waals surface area contributed by atoms with Crippen molar-refractivity contribution in [1.29, 1.82) is 0 Å². The molecule has 0 aliphatic heterocycles. The first kappa shape index (κ1) is 16.5. The van der Waals surface area contributed by atoms with Crippen molar-refractivity contribution in [3.63, 3.8) is 0 Å². The van der Waals surface area contributed by atoms with Crippen LogP contribution < -0.4 is 10.6 Å². The van der Waals surface area contributed by atoms with Crippen molar-refractivity contribution in [3.8, 4) is 0 Å². The SMILES string of the molecule is CCC(CCO)NC(=O)NCCc1c(C)nn(C)c1C. The average molecular weight is 282 g/mol. The molecule has 0 radical (unpaired) electrons. The number of aromatic nitrogens is 2. The standard InChI is InChI=1S/C14H26N4O2/c1-5-12(7-9-19)16-14(20)15-8-6-13-10(2)17-18(4)11(13)3/h12,19H,5-9H2,1-4H3,(H2,15,16,20). The number of hydrogen-bond acceptors (Lipinski definition) is 3. The van der Waals surface area contributed by atoms with Crippen molar-refractivity contribution in [2.24, 2.45) is 7.05 Å². The van der Waals surface area contributed by atoms with Gasteiger partial charge in [0.2, 0.25) is 0 Å². The Morgan fingerprint density at radius 2 is 2.15 bits per heavy atom. The predicted molar refractivity (Wildman–Crippen MR) is 78.7 cm³/mol. The first-order chi connectivity index (χ1) is 9.49. The second-order valence-corrected chi connectivity index (χ2v) is 5.04. The van der Waals surface area contributed by atoms with Gasteiger partial charge in [0, 0.05) is 31.9 Å². The number of aryl methyl sites for hydroxylation is 2. The maximum Gasteiger partial charge on any atom is 0.315 e. The van der Waals surface area contributed by atoms with Crippen LogP contribution in [0.5, 0.6) is 0 Å². The Balaban J connectivity index is 2.38. The summed E-state index contributed by atoms with van der Waals surface area (Å²) in [5.74, 6) is 0. The van der Waals surface area contributed by atoms with Crippen LogP contribution >= 0.6 is 0 Å². The van der Waals surface area contributed by atoms with E-state index in [1.165, 1.54) is 5.56 Å². The quantitative estimate of drug-likeness (QED) is 0.699. The summed E-state index contributed by atoms with van der Waals surface area (Å²) in [6.07, 6.45) is 2.18. The zero-order valence-corrected chi connectivity index (χ0v) is 12.9. The molecule has 0 aliphatic rings. The highest BCUT2D eigenvalue weighted by Crippen LogP contribution is 2.11. The highest BCUT2D eigenvalue weighted by atomic mass is 16.3. The Morgan fingerprint density at radius 3 is 2.65 bits per heavy atom. The van der Waals surface area contributed by atoms with Gasteiger partial charge in [0.1, 0.15) is 0 Å². The average Bonchev–Trinajstić information content (AvgIpc) is 2.64. The molecule has 6 heteroatoms. The molecule has 1 aromatic rings. The van der Waals surface area contributed by atoms with Crippen molar-refractivity contribution < 1.29 is 9.90 Å². The minimum absolute atomic E-state index is 0.0295. The molecule has 3 N–H and O–H groups in total. The number of amides is 2. The molecule has 0 fully saturated rings. The summed E-state index contributed by atoms with van der Waals surface area (Å²) in [5.41, 5.74) is 3.34. The Kier molecular flexibility index (Phi) is 6.51. The molecule has 1 atom stereocenters. The van der Waals surface area contributed by atoms with Crippen molar-refractivity contribution in [1.82, 2.24) is 20.4 Å². The van der Waals surface area contributed by atoms with E-state index < -0.39 is 0 Å². The van der Waals surface area contributed by atoms with Gasteiger partial charge in [-0.15, -0.1) is 0 Å². The smallest absolute Gasteiger partial charge is 0.315 e. The van der Waals surface area contributed by atoms with E-state index in [-0.39, 0.29) is 18.7 Å². The fourth-order valence-corrected chi connectivity index (χ4v) is 2.25. The largest absolute Gasteiger partial charge is 0.396 e. The van der Waals surface area contributed by atoms with Crippen molar-refractivity contribution >= 4 is 6.03 Å². The number of nitrogens with one attached hydrogen (secondary N) is 2. The molecule has 1 rings (SSSR count). The lowest BCUT2D eigenvalue weighted by atomic mass is 10.1. The number of carbonyl (C=O) groups is 1. The van der Waals surface area contributed by atoms with Crippen molar-refractivity contribution in [3.05, 3.63) is 17.0 Å². The molecule has 0 aromatic carbocycles.